The van der Waals surface area contributed by atoms with E-state index in [1.165, 1.54) is 55.6 Å². The average Bonchev–Trinajstić information content (AvgIpc) is 3.85. The molecule has 1 spiro atoms. The first-order valence-electron chi connectivity index (χ1n) is 21.2. The zero-order valence-electron chi connectivity index (χ0n) is 33.6. The molecule has 0 N–H and O–H groups in total. The molecule has 3 heteroatoms. The van der Waals surface area contributed by atoms with Crippen LogP contribution in [0.15, 0.2) is 223 Å². The Morgan fingerprint density at radius 1 is 0.306 bits per heavy atom. The first-order chi connectivity index (χ1) is 30.8. The molecule has 13 rings (SSSR count). The van der Waals surface area contributed by atoms with Gasteiger partial charge in [-0.3, -0.25) is 0 Å². The molecule has 0 amide bonds. The summed E-state index contributed by atoms with van der Waals surface area (Å²) in [5.74, 6) is 0.665. The summed E-state index contributed by atoms with van der Waals surface area (Å²) >= 11 is 0. The zero-order valence-corrected chi connectivity index (χ0v) is 33.6. The Bertz CT molecular complexity index is 3550. The van der Waals surface area contributed by atoms with Crippen LogP contribution in [0.4, 0.5) is 0 Å². The minimum absolute atomic E-state index is 0.603. The van der Waals surface area contributed by atoms with E-state index in [9.17, 15) is 0 Å². The largest absolute Gasteiger partial charge is 0.456 e. The minimum Gasteiger partial charge on any atom is -0.456 e. The molecule has 2 heterocycles. The molecule has 0 fully saturated rings. The van der Waals surface area contributed by atoms with Gasteiger partial charge in [0.05, 0.1) is 16.8 Å². The van der Waals surface area contributed by atoms with Gasteiger partial charge in [-0.05, 0) is 91.0 Å². The van der Waals surface area contributed by atoms with Gasteiger partial charge in [0, 0.05) is 27.5 Å². The fourth-order valence-corrected chi connectivity index (χ4v) is 10.6. The molecule has 0 saturated heterocycles. The Hall–Kier alpha value is -8.14. The summed E-state index contributed by atoms with van der Waals surface area (Å²) in [6, 6.07) is 78.7. The van der Waals surface area contributed by atoms with E-state index in [-0.39, 0.29) is 0 Å². The summed E-state index contributed by atoms with van der Waals surface area (Å²) in [6.07, 6.45) is 0. The summed E-state index contributed by atoms with van der Waals surface area (Å²) in [4.78, 5) is 11.0. The van der Waals surface area contributed by atoms with E-state index >= 15 is 0 Å². The first-order valence-corrected chi connectivity index (χ1v) is 21.2. The van der Waals surface area contributed by atoms with Crippen molar-refractivity contribution in [1.29, 1.82) is 0 Å². The van der Waals surface area contributed by atoms with Crippen molar-refractivity contribution >= 4 is 21.9 Å². The lowest BCUT2D eigenvalue weighted by Gasteiger charge is -2.35. The number of nitrogens with zero attached hydrogens (tertiary/aromatic N) is 2. The quantitative estimate of drug-likeness (QED) is 0.178. The van der Waals surface area contributed by atoms with Gasteiger partial charge in [0.25, 0.3) is 0 Å². The molecule has 2 aromatic heterocycles. The van der Waals surface area contributed by atoms with Gasteiger partial charge in [0.2, 0.25) is 0 Å². The monoisotopic (exact) mass is 788 g/mol. The molecule has 0 radical (unpaired) electrons. The van der Waals surface area contributed by atoms with E-state index in [2.05, 4.69) is 200 Å². The van der Waals surface area contributed by atoms with E-state index in [0.717, 1.165) is 61.1 Å². The smallest absolute Gasteiger partial charge is 0.161 e. The van der Waals surface area contributed by atoms with Gasteiger partial charge in [-0.25, -0.2) is 9.97 Å². The second-order valence-corrected chi connectivity index (χ2v) is 16.3. The average molecular weight is 789 g/mol. The van der Waals surface area contributed by atoms with Gasteiger partial charge in [-0.1, -0.05) is 194 Å². The van der Waals surface area contributed by atoms with Crippen LogP contribution in [0.2, 0.25) is 0 Å². The maximum absolute atomic E-state index is 6.42. The second kappa shape index (κ2) is 13.4. The van der Waals surface area contributed by atoms with E-state index < -0.39 is 5.41 Å². The molecule has 0 saturated carbocycles. The second-order valence-electron chi connectivity index (χ2n) is 16.3. The topological polar surface area (TPSA) is 38.9 Å². The van der Waals surface area contributed by atoms with Crippen LogP contribution >= 0.6 is 0 Å². The minimum atomic E-state index is -0.603. The van der Waals surface area contributed by atoms with Crippen LogP contribution in [0.25, 0.3) is 100 Å². The van der Waals surface area contributed by atoms with Gasteiger partial charge in [-0.2, -0.15) is 0 Å². The van der Waals surface area contributed by atoms with Gasteiger partial charge in [-0.15, -0.1) is 0 Å². The Labute approximate surface area is 359 Å². The highest BCUT2D eigenvalue weighted by molar-refractivity contribution is 6.12. The third-order valence-corrected chi connectivity index (χ3v) is 13.2. The van der Waals surface area contributed by atoms with Crippen molar-refractivity contribution in [2.75, 3.05) is 0 Å². The summed E-state index contributed by atoms with van der Waals surface area (Å²) in [7, 11) is 0. The van der Waals surface area contributed by atoms with E-state index in [0.29, 0.717) is 5.82 Å². The molecule has 0 bridgehead atoms. The number of rotatable bonds is 4. The Kier molecular flexibility index (Phi) is 7.52. The van der Waals surface area contributed by atoms with E-state index in [4.69, 9.17) is 14.4 Å². The van der Waals surface area contributed by atoms with Crippen LogP contribution in [-0.4, -0.2) is 9.97 Å². The number of aromatic nitrogens is 2. The van der Waals surface area contributed by atoms with Crippen molar-refractivity contribution in [3.63, 3.8) is 0 Å². The molecule has 2 aliphatic carbocycles. The highest BCUT2D eigenvalue weighted by Crippen LogP contribution is 2.61. The molecule has 11 aromatic rings. The summed E-state index contributed by atoms with van der Waals surface area (Å²) in [5, 5.41) is 2.11. The third-order valence-electron chi connectivity index (χ3n) is 13.2. The van der Waals surface area contributed by atoms with Crippen molar-refractivity contribution in [3.8, 4) is 78.4 Å². The summed E-state index contributed by atoms with van der Waals surface area (Å²) in [6.45, 7) is 0. The van der Waals surface area contributed by atoms with Gasteiger partial charge in [0.15, 0.2) is 5.82 Å². The number of hydrogen-bond acceptors (Lipinski definition) is 3. The van der Waals surface area contributed by atoms with Crippen molar-refractivity contribution in [2.45, 2.75) is 5.41 Å². The highest BCUT2D eigenvalue weighted by atomic mass is 16.3. The molecule has 0 atom stereocenters. The van der Waals surface area contributed by atoms with Crippen LogP contribution < -0.4 is 0 Å². The number of furan rings is 1. The molecule has 3 nitrogen and oxygen atoms in total. The molecule has 0 aliphatic heterocycles. The van der Waals surface area contributed by atoms with Gasteiger partial charge < -0.3 is 4.42 Å². The normalized spacial score (nSPS) is 13.0. The highest BCUT2D eigenvalue weighted by Gasteiger charge is 2.49. The predicted octanol–water partition coefficient (Wildman–Crippen LogP) is 15.1. The van der Waals surface area contributed by atoms with Crippen LogP contribution in [0, 0.1) is 0 Å². The third kappa shape index (κ3) is 4.94. The number of benzene rings is 9. The molecule has 0 unspecified atom stereocenters. The summed E-state index contributed by atoms with van der Waals surface area (Å²) < 4.78 is 6.42. The van der Waals surface area contributed by atoms with Crippen LogP contribution in [-0.2, 0) is 5.41 Å². The molecule has 2 aliphatic rings. The fraction of sp³-hybridized carbons (Fsp3) is 0.0169. The van der Waals surface area contributed by atoms with Crippen molar-refractivity contribution in [1.82, 2.24) is 9.97 Å². The molecule has 9 aromatic carbocycles. The Balaban J connectivity index is 1.13. The Morgan fingerprint density at radius 3 is 1.50 bits per heavy atom. The SMILES string of the molecule is c1ccc(-c2ccccc2-c2nc(-c3ccc4c(c3)C3(c5ccccc5-c5ccccc5-4)c4ccccc4-c4ccccc43)cc(-c3cccc4oc5ccccc5c34)n2)cc1. The Morgan fingerprint density at radius 2 is 0.806 bits per heavy atom. The lowest BCUT2D eigenvalue weighted by Crippen LogP contribution is -2.29. The first kappa shape index (κ1) is 34.7. The predicted molar refractivity (Wildman–Crippen MR) is 253 cm³/mol. The van der Waals surface area contributed by atoms with Crippen LogP contribution in [0.3, 0.4) is 0 Å². The van der Waals surface area contributed by atoms with Crippen LogP contribution in [0.1, 0.15) is 22.3 Å². The number of hydrogen-bond donors (Lipinski definition) is 0. The van der Waals surface area contributed by atoms with Crippen molar-refractivity contribution < 1.29 is 4.42 Å². The van der Waals surface area contributed by atoms with E-state index in [1.54, 1.807) is 0 Å². The molecular weight excluding hydrogens is 753 g/mol. The zero-order chi connectivity index (χ0) is 40.8. The maximum atomic E-state index is 6.42. The van der Waals surface area contributed by atoms with E-state index in [1.807, 2.05) is 18.2 Å². The van der Waals surface area contributed by atoms with Crippen molar-refractivity contribution in [2.24, 2.45) is 0 Å². The number of fused-ring (bicyclic) bond motifs is 15. The molecule has 62 heavy (non-hydrogen) atoms. The summed E-state index contributed by atoms with van der Waals surface area (Å²) in [5.41, 5.74) is 20.5. The van der Waals surface area contributed by atoms with Crippen molar-refractivity contribution in [3.05, 3.63) is 241 Å². The lowest BCUT2D eigenvalue weighted by molar-refractivity contribution is 0.669. The fourth-order valence-electron chi connectivity index (χ4n) is 10.6. The lowest BCUT2D eigenvalue weighted by atomic mass is 9.65. The van der Waals surface area contributed by atoms with Crippen LogP contribution in [0.5, 0.6) is 0 Å². The molecule has 288 valence electrons. The standard InChI is InChI=1S/C59H36N2O/c1-2-17-37(18-3-1)39-19-4-7-25-46(39)58-60-53(36-54(61-58)47-27-16-32-56-57(47)48-26-11-15-31-55(48)62-56)38-33-34-45-41-21-6-5-20-40(41)42-22-8-12-28-49(42)59(52(45)35-38)50-29-13-9-23-43(50)44-24-10-14-30-51(44)59/h1-36H. The molecular formula is C59H36N2O. The van der Waals surface area contributed by atoms with Gasteiger partial charge in [0.1, 0.15) is 11.2 Å². The maximum Gasteiger partial charge on any atom is 0.161 e. The van der Waals surface area contributed by atoms with Gasteiger partial charge >= 0.3 is 0 Å². The number of para-hydroxylation sites is 1.